The van der Waals surface area contributed by atoms with E-state index in [0.717, 1.165) is 0 Å². The summed E-state index contributed by atoms with van der Waals surface area (Å²) in [6.45, 7) is 6.06. The first kappa shape index (κ1) is 13.7. The van der Waals surface area contributed by atoms with Gasteiger partial charge in [0.25, 0.3) is 0 Å². The van der Waals surface area contributed by atoms with Crippen molar-refractivity contribution in [3.05, 3.63) is 5.56 Å². The van der Waals surface area contributed by atoms with Gasteiger partial charge in [-0.1, -0.05) is 0 Å². The third kappa shape index (κ3) is 2.67. The minimum absolute atomic E-state index is 0.169. The molecule has 0 amide bonds. The highest BCUT2D eigenvalue weighted by Crippen LogP contribution is 2.41. The van der Waals surface area contributed by atoms with Crippen molar-refractivity contribution in [3.63, 3.8) is 0 Å². The molecule has 106 valence electrons. The number of nitrogens with one attached hydrogen (secondary N) is 1. The number of anilines is 2. The van der Waals surface area contributed by atoms with Crippen molar-refractivity contribution in [2.45, 2.75) is 45.7 Å². The van der Waals surface area contributed by atoms with Crippen molar-refractivity contribution in [2.75, 3.05) is 18.2 Å². The zero-order valence-corrected chi connectivity index (χ0v) is 11.9. The van der Waals surface area contributed by atoms with Crippen molar-refractivity contribution in [1.29, 1.82) is 0 Å². The molecule has 0 spiro atoms. The van der Waals surface area contributed by atoms with E-state index in [1.807, 2.05) is 13.8 Å². The van der Waals surface area contributed by atoms with Crippen LogP contribution in [0.3, 0.4) is 0 Å². The van der Waals surface area contributed by atoms with Crippen molar-refractivity contribution >= 4 is 17.6 Å². The third-order valence-corrected chi connectivity index (χ3v) is 3.45. The highest BCUT2D eigenvalue weighted by atomic mass is 16.5. The van der Waals surface area contributed by atoms with E-state index in [0.29, 0.717) is 23.1 Å². The molecule has 1 unspecified atom stereocenters. The van der Waals surface area contributed by atoms with Crippen LogP contribution in [-0.2, 0) is 4.74 Å². The van der Waals surface area contributed by atoms with Crippen LogP contribution in [0, 0.1) is 5.92 Å². The van der Waals surface area contributed by atoms with Crippen LogP contribution in [0.4, 0.5) is 11.6 Å². The molecule has 0 aromatic carbocycles. The Morgan fingerprint density at radius 3 is 2.58 bits per heavy atom. The van der Waals surface area contributed by atoms with E-state index in [4.69, 9.17) is 10.5 Å². The number of carbonyl (C=O) groups is 1. The Morgan fingerprint density at radius 1 is 1.47 bits per heavy atom. The van der Waals surface area contributed by atoms with Gasteiger partial charge in [0.15, 0.2) is 5.82 Å². The second-order valence-corrected chi connectivity index (χ2v) is 5.42. The average molecular weight is 266 g/mol. The molecule has 1 atom stereocenters. The molecule has 0 saturated heterocycles. The van der Waals surface area contributed by atoms with Crippen molar-refractivity contribution in [3.8, 4) is 0 Å². The number of nitrogen functional groups attached to an aromatic ring is 1. The average Bonchev–Trinajstić information content (AvgIpc) is 3.13. The van der Waals surface area contributed by atoms with E-state index in [-0.39, 0.29) is 12.1 Å². The number of nitrogens with two attached hydrogens (primary N) is 1. The molecule has 3 N–H and O–H groups in total. The summed E-state index contributed by atoms with van der Waals surface area (Å²) in [6, 6.07) is 0.383. The van der Waals surface area contributed by atoms with E-state index < -0.39 is 5.97 Å². The highest BCUT2D eigenvalue weighted by Gasteiger charge is 2.33. The summed E-state index contributed by atoms with van der Waals surface area (Å²) < 4.78 is 6.54. The van der Waals surface area contributed by atoms with E-state index in [1.165, 1.54) is 20.0 Å². The minimum Gasteiger partial charge on any atom is -0.465 e. The van der Waals surface area contributed by atoms with Crippen LogP contribution < -0.4 is 11.1 Å². The molecular formula is C13H22N4O2. The molecule has 0 aliphatic heterocycles. The first-order chi connectivity index (χ1) is 8.95. The lowest BCUT2D eigenvalue weighted by molar-refractivity contribution is 0.0603. The van der Waals surface area contributed by atoms with Crippen LogP contribution in [0.25, 0.3) is 0 Å². The van der Waals surface area contributed by atoms with Gasteiger partial charge in [-0.3, -0.25) is 0 Å². The first-order valence-corrected chi connectivity index (χ1v) is 6.68. The maximum absolute atomic E-state index is 11.9. The van der Waals surface area contributed by atoms with Gasteiger partial charge in [0.1, 0.15) is 11.4 Å². The summed E-state index contributed by atoms with van der Waals surface area (Å²) >= 11 is 0. The summed E-state index contributed by atoms with van der Waals surface area (Å²) in [4.78, 5) is 11.9. The van der Waals surface area contributed by atoms with E-state index in [2.05, 4.69) is 17.3 Å². The standard InChI is InChI=1S/C13H22N4O2/c1-7(2)15-12-10(13(18)19-4)11(14)17(16-12)8(3)9-5-6-9/h7-9H,5-6,14H2,1-4H3,(H,15,16). The van der Waals surface area contributed by atoms with Gasteiger partial charge in [-0.25, -0.2) is 9.48 Å². The minimum atomic E-state index is -0.449. The molecule has 1 aromatic rings. The molecule has 1 aromatic heterocycles. The van der Waals surface area contributed by atoms with Crippen LogP contribution in [0.2, 0.25) is 0 Å². The largest absolute Gasteiger partial charge is 0.465 e. The molecule has 1 aliphatic rings. The molecule has 0 bridgehead atoms. The Labute approximate surface area is 113 Å². The number of aromatic nitrogens is 2. The number of hydrogen-bond donors (Lipinski definition) is 2. The molecule has 1 aliphatic carbocycles. The van der Waals surface area contributed by atoms with Crippen molar-refractivity contribution in [2.24, 2.45) is 5.92 Å². The Kier molecular flexibility index (Phi) is 3.68. The SMILES string of the molecule is COC(=O)c1c(NC(C)C)nn(C(C)C2CC2)c1N. The number of methoxy groups -OCH3 is 1. The predicted molar refractivity (Wildman–Crippen MR) is 74.2 cm³/mol. The van der Waals surface area contributed by atoms with Gasteiger partial charge < -0.3 is 15.8 Å². The molecular weight excluding hydrogens is 244 g/mol. The molecule has 0 radical (unpaired) electrons. The van der Waals surface area contributed by atoms with Gasteiger partial charge in [0.05, 0.1) is 13.2 Å². The number of carbonyl (C=O) groups excluding carboxylic acids is 1. The van der Waals surface area contributed by atoms with Crippen molar-refractivity contribution in [1.82, 2.24) is 9.78 Å². The Hall–Kier alpha value is -1.72. The summed E-state index contributed by atoms with van der Waals surface area (Å²) in [5.74, 6) is 1.05. The van der Waals surface area contributed by atoms with E-state index in [1.54, 1.807) is 4.68 Å². The lowest BCUT2D eigenvalue weighted by Gasteiger charge is -2.12. The van der Waals surface area contributed by atoms with Gasteiger partial charge in [-0.05, 0) is 39.5 Å². The molecule has 1 heterocycles. The van der Waals surface area contributed by atoms with Gasteiger partial charge in [0.2, 0.25) is 0 Å². The predicted octanol–water partition coefficient (Wildman–Crippen LogP) is 2.04. The van der Waals surface area contributed by atoms with Crippen LogP contribution in [0.15, 0.2) is 0 Å². The molecule has 6 nitrogen and oxygen atoms in total. The topological polar surface area (TPSA) is 82.2 Å². The quantitative estimate of drug-likeness (QED) is 0.797. The Morgan fingerprint density at radius 2 is 2.11 bits per heavy atom. The summed E-state index contributed by atoms with van der Waals surface area (Å²) in [7, 11) is 1.35. The van der Waals surface area contributed by atoms with E-state index >= 15 is 0 Å². The maximum Gasteiger partial charge on any atom is 0.345 e. The summed E-state index contributed by atoms with van der Waals surface area (Å²) in [6.07, 6.45) is 2.39. The number of hydrogen-bond acceptors (Lipinski definition) is 5. The van der Waals surface area contributed by atoms with Crippen LogP contribution in [-0.4, -0.2) is 28.9 Å². The van der Waals surface area contributed by atoms with Crippen LogP contribution in [0.1, 0.15) is 50.0 Å². The van der Waals surface area contributed by atoms with Crippen molar-refractivity contribution < 1.29 is 9.53 Å². The molecule has 1 fully saturated rings. The highest BCUT2D eigenvalue weighted by molar-refractivity contribution is 5.99. The first-order valence-electron chi connectivity index (χ1n) is 6.68. The fourth-order valence-electron chi connectivity index (χ4n) is 2.21. The maximum atomic E-state index is 11.9. The lowest BCUT2D eigenvalue weighted by Crippen LogP contribution is -2.14. The van der Waals surface area contributed by atoms with Gasteiger partial charge in [-0.2, -0.15) is 5.10 Å². The number of nitrogens with zero attached hydrogens (tertiary/aromatic N) is 2. The smallest absolute Gasteiger partial charge is 0.345 e. The van der Waals surface area contributed by atoms with Gasteiger partial charge in [-0.15, -0.1) is 0 Å². The monoisotopic (exact) mass is 266 g/mol. The molecule has 1 saturated carbocycles. The number of esters is 1. The fourth-order valence-corrected chi connectivity index (χ4v) is 2.21. The van der Waals surface area contributed by atoms with Crippen LogP contribution >= 0.6 is 0 Å². The number of ether oxygens (including phenoxy) is 1. The second-order valence-electron chi connectivity index (χ2n) is 5.42. The second kappa shape index (κ2) is 5.11. The lowest BCUT2D eigenvalue weighted by atomic mass is 10.2. The molecule has 2 rings (SSSR count). The normalized spacial score (nSPS) is 16.5. The van der Waals surface area contributed by atoms with E-state index in [9.17, 15) is 4.79 Å². The zero-order chi connectivity index (χ0) is 14.2. The molecule has 6 heteroatoms. The number of rotatable bonds is 5. The summed E-state index contributed by atoms with van der Waals surface area (Å²) in [5, 5.41) is 7.61. The zero-order valence-electron chi connectivity index (χ0n) is 11.9. The van der Waals surface area contributed by atoms with Gasteiger partial charge in [0, 0.05) is 6.04 Å². The van der Waals surface area contributed by atoms with Crippen LogP contribution in [0.5, 0.6) is 0 Å². The van der Waals surface area contributed by atoms with Gasteiger partial charge >= 0.3 is 5.97 Å². The fraction of sp³-hybridized carbons (Fsp3) is 0.692. The summed E-state index contributed by atoms with van der Waals surface area (Å²) in [5.41, 5.74) is 6.42. The third-order valence-electron chi connectivity index (χ3n) is 3.45. The Bertz CT molecular complexity index is 477. The Balaban J connectivity index is 2.40. The molecule has 19 heavy (non-hydrogen) atoms.